The highest BCUT2D eigenvalue weighted by Gasteiger charge is 2.28. The fourth-order valence-electron chi connectivity index (χ4n) is 3.19. The van der Waals surface area contributed by atoms with E-state index in [9.17, 15) is 10.1 Å². The van der Waals surface area contributed by atoms with Gasteiger partial charge in [0.1, 0.15) is 6.33 Å². The molecule has 1 aromatic rings. The van der Waals surface area contributed by atoms with E-state index in [4.69, 9.17) is 4.74 Å². The van der Waals surface area contributed by atoms with Crippen molar-refractivity contribution in [1.82, 2.24) is 14.9 Å². The Hall–Kier alpha value is -2.00. The third kappa shape index (κ3) is 4.09. The maximum Gasteiger partial charge on any atom is 0.353 e. The molecule has 9 heteroatoms. The lowest BCUT2D eigenvalue weighted by atomic mass is 10.1. The number of nitrogens with one attached hydrogen (secondary N) is 1. The minimum Gasteiger partial charge on any atom is -0.378 e. The van der Waals surface area contributed by atoms with E-state index in [0.29, 0.717) is 44.5 Å². The zero-order valence-corrected chi connectivity index (χ0v) is 13.8. The highest BCUT2D eigenvalue weighted by Crippen LogP contribution is 2.31. The number of hydrogen-bond acceptors (Lipinski definition) is 8. The van der Waals surface area contributed by atoms with E-state index >= 15 is 0 Å². The summed E-state index contributed by atoms with van der Waals surface area (Å²) in [6.07, 6.45) is 5.15. The quantitative estimate of drug-likeness (QED) is 0.610. The molecule has 132 valence electrons. The summed E-state index contributed by atoms with van der Waals surface area (Å²) in [5.74, 6) is 0.673. The molecule has 1 aromatic heterocycles. The molecule has 0 spiro atoms. The van der Waals surface area contributed by atoms with Crippen LogP contribution in [-0.4, -0.2) is 72.3 Å². The molecule has 0 unspecified atom stereocenters. The molecule has 0 aromatic carbocycles. The summed E-state index contributed by atoms with van der Waals surface area (Å²) in [6, 6.07) is 0. The first-order valence-corrected chi connectivity index (χ1v) is 8.54. The number of morpholine rings is 1. The van der Waals surface area contributed by atoms with Crippen molar-refractivity contribution in [3.8, 4) is 0 Å². The van der Waals surface area contributed by atoms with E-state index in [2.05, 4.69) is 20.2 Å². The lowest BCUT2D eigenvalue weighted by Crippen LogP contribution is -2.37. The number of aromatic nitrogens is 2. The Kier molecular flexibility index (Phi) is 5.76. The van der Waals surface area contributed by atoms with Crippen LogP contribution in [0.2, 0.25) is 0 Å². The third-order valence-corrected chi connectivity index (χ3v) is 4.47. The van der Waals surface area contributed by atoms with Crippen LogP contribution < -0.4 is 10.2 Å². The molecule has 2 aliphatic heterocycles. The van der Waals surface area contributed by atoms with Crippen LogP contribution in [0.3, 0.4) is 0 Å². The average molecular weight is 336 g/mol. The number of rotatable bonds is 6. The minimum atomic E-state index is -0.395. The van der Waals surface area contributed by atoms with Crippen molar-refractivity contribution in [2.45, 2.75) is 19.3 Å². The van der Waals surface area contributed by atoms with Gasteiger partial charge in [0.2, 0.25) is 11.6 Å². The van der Waals surface area contributed by atoms with Gasteiger partial charge >= 0.3 is 5.69 Å². The normalized spacial score (nSPS) is 19.2. The van der Waals surface area contributed by atoms with Crippen molar-refractivity contribution in [2.24, 2.45) is 0 Å². The summed E-state index contributed by atoms with van der Waals surface area (Å²) in [6.45, 7) is 6.03. The van der Waals surface area contributed by atoms with Gasteiger partial charge in [0, 0.05) is 26.2 Å². The van der Waals surface area contributed by atoms with Crippen LogP contribution in [-0.2, 0) is 4.74 Å². The van der Waals surface area contributed by atoms with E-state index < -0.39 is 4.92 Å². The van der Waals surface area contributed by atoms with Crippen LogP contribution in [0, 0.1) is 10.1 Å². The zero-order valence-electron chi connectivity index (χ0n) is 13.8. The van der Waals surface area contributed by atoms with Gasteiger partial charge in [-0.25, -0.2) is 9.97 Å². The fraction of sp³-hybridized carbons (Fsp3) is 0.733. The van der Waals surface area contributed by atoms with Crippen molar-refractivity contribution in [3.05, 3.63) is 16.4 Å². The molecule has 0 aliphatic carbocycles. The van der Waals surface area contributed by atoms with Crippen molar-refractivity contribution in [3.63, 3.8) is 0 Å². The molecular weight excluding hydrogens is 312 g/mol. The molecule has 3 rings (SSSR count). The second kappa shape index (κ2) is 8.20. The largest absolute Gasteiger partial charge is 0.378 e. The molecule has 9 nitrogen and oxygen atoms in total. The molecule has 2 fully saturated rings. The van der Waals surface area contributed by atoms with Crippen LogP contribution in [0.15, 0.2) is 6.33 Å². The summed E-state index contributed by atoms with van der Waals surface area (Å²) in [5.41, 5.74) is -0.0435. The predicted octanol–water partition coefficient (Wildman–Crippen LogP) is 1.12. The lowest BCUT2D eigenvalue weighted by molar-refractivity contribution is -0.383. The first-order chi connectivity index (χ1) is 11.8. The Morgan fingerprint density at radius 2 is 1.92 bits per heavy atom. The van der Waals surface area contributed by atoms with Gasteiger partial charge in [0.25, 0.3) is 0 Å². The minimum absolute atomic E-state index is 0.0435. The van der Waals surface area contributed by atoms with E-state index in [1.807, 2.05) is 4.90 Å². The van der Waals surface area contributed by atoms with Crippen molar-refractivity contribution in [2.75, 3.05) is 62.7 Å². The Balaban J connectivity index is 1.68. The van der Waals surface area contributed by atoms with E-state index in [1.165, 1.54) is 25.6 Å². The summed E-state index contributed by atoms with van der Waals surface area (Å²) in [4.78, 5) is 23.7. The number of likely N-dealkylation sites (tertiary alicyclic amines) is 1. The fourth-order valence-corrected chi connectivity index (χ4v) is 3.19. The van der Waals surface area contributed by atoms with Crippen molar-refractivity contribution in [1.29, 1.82) is 0 Å². The predicted molar refractivity (Wildman–Crippen MR) is 90.5 cm³/mol. The first-order valence-electron chi connectivity index (χ1n) is 8.54. The average Bonchev–Trinajstić information content (AvgIpc) is 2.63. The van der Waals surface area contributed by atoms with Crippen LogP contribution in [0.1, 0.15) is 19.3 Å². The van der Waals surface area contributed by atoms with Crippen LogP contribution in [0.25, 0.3) is 0 Å². The molecular formula is C15H24N6O3. The number of anilines is 2. The van der Waals surface area contributed by atoms with E-state index in [-0.39, 0.29) is 5.69 Å². The molecule has 0 atom stereocenters. The monoisotopic (exact) mass is 336 g/mol. The molecule has 2 aliphatic rings. The van der Waals surface area contributed by atoms with Crippen molar-refractivity contribution < 1.29 is 9.66 Å². The van der Waals surface area contributed by atoms with Gasteiger partial charge in [0.05, 0.1) is 18.1 Å². The molecule has 0 amide bonds. The maximum absolute atomic E-state index is 11.6. The Bertz CT molecular complexity index is 558. The molecule has 24 heavy (non-hydrogen) atoms. The van der Waals surface area contributed by atoms with Crippen LogP contribution >= 0.6 is 0 Å². The van der Waals surface area contributed by atoms with Crippen LogP contribution in [0.5, 0.6) is 0 Å². The second-order valence-corrected chi connectivity index (χ2v) is 6.08. The van der Waals surface area contributed by atoms with Gasteiger partial charge in [-0.3, -0.25) is 10.1 Å². The maximum atomic E-state index is 11.6. The van der Waals surface area contributed by atoms with E-state index in [1.54, 1.807) is 0 Å². The van der Waals surface area contributed by atoms with Gasteiger partial charge in [-0.2, -0.15) is 0 Å². The molecule has 1 N–H and O–H groups in total. The molecule has 0 bridgehead atoms. The van der Waals surface area contributed by atoms with Gasteiger partial charge in [0.15, 0.2) is 0 Å². The Morgan fingerprint density at radius 3 is 2.62 bits per heavy atom. The smallest absolute Gasteiger partial charge is 0.353 e. The first kappa shape index (κ1) is 16.8. The molecule has 0 saturated carbocycles. The van der Waals surface area contributed by atoms with Gasteiger partial charge < -0.3 is 19.9 Å². The van der Waals surface area contributed by atoms with E-state index in [0.717, 1.165) is 19.6 Å². The summed E-state index contributed by atoms with van der Waals surface area (Å²) in [7, 11) is 0. The summed E-state index contributed by atoms with van der Waals surface area (Å²) < 4.78 is 5.31. The van der Waals surface area contributed by atoms with Gasteiger partial charge in [-0.15, -0.1) is 0 Å². The van der Waals surface area contributed by atoms with Gasteiger partial charge in [-0.05, 0) is 25.9 Å². The summed E-state index contributed by atoms with van der Waals surface area (Å²) in [5, 5.41) is 14.7. The zero-order chi connectivity index (χ0) is 16.8. The molecule has 0 radical (unpaired) electrons. The lowest BCUT2D eigenvalue weighted by Gasteiger charge is -2.28. The van der Waals surface area contributed by atoms with Gasteiger partial charge in [-0.1, -0.05) is 6.42 Å². The highest BCUT2D eigenvalue weighted by atomic mass is 16.6. The molecule has 2 saturated heterocycles. The highest BCUT2D eigenvalue weighted by molar-refractivity contribution is 5.70. The van der Waals surface area contributed by atoms with Crippen molar-refractivity contribution >= 4 is 17.3 Å². The number of nitro groups is 1. The molecule has 3 heterocycles. The Morgan fingerprint density at radius 1 is 1.17 bits per heavy atom. The number of ether oxygens (including phenoxy) is 1. The second-order valence-electron chi connectivity index (χ2n) is 6.08. The number of piperidine rings is 1. The third-order valence-electron chi connectivity index (χ3n) is 4.47. The standard InChI is InChI=1S/C15H24N6O3/c22-21(23)13-14(16-4-7-19-5-2-1-3-6-19)17-12-18-15(13)20-8-10-24-11-9-20/h12H,1-11H2,(H,16,17,18). The van der Waals surface area contributed by atoms with Crippen LogP contribution in [0.4, 0.5) is 17.3 Å². The Labute approximate surface area is 141 Å². The number of hydrogen-bond donors (Lipinski definition) is 1. The topological polar surface area (TPSA) is 96.7 Å². The summed E-state index contributed by atoms with van der Waals surface area (Å²) >= 11 is 0. The number of nitrogens with zero attached hydrogens (tertiary/aromatic N) is 5. The SMILES string of the molecule is O=[N+]([O-])c1c(NCCN2CCCCC2)ncnc1N1CCOCC1.